The number of halogens is 2. The van der Waals surface area contributed by atoms with Crippen molar-refractivity contribution in [2.45, 2.75) is 0 Å². The van der Waals surface area contributed by atoms with E-state index in [9.17, 15) is 4.79 Å². The van der Waals surface area contributed by atoms with E-state index in [4.69, 9.17) is 27.9 Å². The van der Waals surface area contributed by atoms with Gasteiger partial charge in [-0.2, -0.15) is 0 Å². The molecule has 0 saturated heterocycles. The molecule has 0 atom stereocenters. The fourth-order valence-electron chi connectivity index (χ4n) is 1.46. The van der Waals surface area contributed by atoms with Crippen molar-refractivity contribution in [3.8, 4) is 5.88 Å². The van der Waals surface area contributed by atoms with Crippen molar-refractivity contribution in [1.82, 2.24) is 4.98 Å². The number of carbonyl (C=O) groups is 1. The van der Waals surface area contributed by atoms with Crippen molar-refractivity contribution >= 4 is 29.0 Å². The van der Waals surface area contributed by atoms with Crippen LogP contribution in [0, 0.1) is 0 Å². The highest BCUT2D eigenvalue weighted by molar-refractivity contribution is 6.36. The van der Waals surface area contributed by atoms with E-state index in [2.05, 4.69) is 4.98 Å². The smallest absolute Gasteiger partial charge is 0.213 e. The molecular formula is C13H9Cl2NO2. The average molecular weight is 282 g/mol. The Labute approximate surface area is 114 Å². The number of benzene rings is 1. The highest BCUT2D eigenvalue weighted by atomic mass is 35.5. The number of ketones is 1. The van der Waals surface area contributed by atoms with E-state index in [-0.39, 0.29) is 11.5 Å². The van der Waals surface area contributed by atoms with E-state index in [0.29, 0.717) is 21.5 Å². The average Bonchev–Trinajstić information content (AvgIpc) is 2.41. The lowest BCUT2D eigenvalue weighted by atomic mass is 10.1. The summed E-state index contributed by atoms with van der Waals surface area (Å²) in [4.78, 5) is 16.3. The van der Waals surface area contributed by atoms with Gasteiger partial charge in [0.1, 0.15) is 5.69 Å². The molecule has 0 aliphatic carbocycles. The Kier molecular flexibility index (Phi) is 3.84. The van der Waals surface area contributed by atoms with Gasteiger partial charge in [-0.1, -0.05) is 29.3 Å². The summed E-state index contributed by atoms with van der Waals surface area (Å²) in [6, 6.07) is 9.68. The summed E-state index contributed by atoms with van der Waals surface area (Å²) in [6.45, 7) is 0. The normalized spacial score (nSPS) is 10.2. The second-order valence-corrected chi connectivity index (χ2v) is 4.36. The number of nitrogens with zero attached hydrogens (tertiary/aromatic N) is 1. The highest BCUT2D eigenvalue weighted by Gasteiger charge is 2.15. The Hall–Kier alpha value is -1.58. The van der Waals surface area contributed by atoms with Gasteiger partial charge in [0.25, 0.3) is 0 Å². The van der Waals surface area contributed by atoms with Crippen LogP contribution in [0.2, 0.25) is 10.0 Å². The maximum atomic E-state index is 12.2. The number of hydrogen-bond acceptors (Lipinski definition) is 3. The molecule has 0 aliphatic heterocycles. The standard InChI is InChI=1S/C13H9Cl2NO2/c1-18-12-4-2-3-11(16-12)13(17)9-7-8(14)5-6-10(9)15/h2-7H,1H3. The summed E-state index contributed by atoms with van der Waals surface area (Å²) in [7, 11) is 1.49. The highest BCUT2D eigenvalue weighted by Crippen LogP contribution is 2.23. The number of carbonyl (C=O) groups excluding carboxylic acids is 1. The Balaban J connectivity index is 2.44. The molecule has 0 aliphatic rings. The van der Waals surface area contributed by atoms with Crippen molar-refractivity contribution in [3.63, 3.8) is 0 Å². The largest absolute Gasteiger partial charge is 0.481 e. The number of aromatic nitrogens is 1. The van der Waals surface area contributed by atoms with Crippen LogP contribution >= 0.6 is 23.2 Å². The van der Waals surface area contributed by atoms with Crippen LogP contribution in [0.15, 0.2) is 36.4 Å². The molecule has 2 rings (SSSR count). The van der Waals surface area contributed by atoms with Crippen molar-refractivity contribution in [3.05, 3.63) is 57.7 Å². The summed E-state index contributed by atoms with van der Waals surface area (Å²) < 4.78 is 4.97. The van der Waals surface area contributed by atoms with Gasteiger partial charge in [0.15, 0.2) is 0 Å². The second kappa shape index (κ2) is 5.38. The van der Waals surface area contributed by atoms with Crippen LogP contribution in [-0.2, 0) is 0 Å². The monoisotopic (exact) mass is 281 g/mol. The molecule has 1 aromatic carbocycles. The summed E-state index contributed by atoms with van der Waals surface area (Å²) in [6.07, 6.45) is 0. The van der Waals surface area contributed by atoms with Crippen LogP contribution in [0.5, 0.6) is 5.88 Å². The van der Waals surface area contributed by atoms with Gasteiger partial charge in [0, 0.05) is 16.7 Å². The first-order valence-corrected chi connectivity index (χ1v) is 5.88. The number of pyridine rings is 1. The van der Waals surface area contributed by atoms with E-state index in [1.165, 1.54) is 13.2 Å². The van der Waals surface area contributed by atoms with Crippen LogP contribution in [0.25, 0.3) is 0 Å². The fourth-order valence-corrected chi connectivity index (χ4v) is 1.84. The molecule has 0 N–H and O–H groups in total. The van der Waals surface area contributed by atoms with E-state index >= 15 is 0 Å². The molecule has 1 aromatic heterocycles. The fraction of sp³-hybridized carbons (Fsp3) is 0.0769. The molecule has 1 heterocycles. The third-order valence-corrected chi connectivity index (χ3v) is 2.90. The molecular weight excluding hydrogens is 273 g/mol. The van der Waals surface area contributed by atoms with Gasteiger partial charge in [0.05, 0.1) is 12.1 Å². The van der Waals surface area contributed by atoms with E-state index < -0.39 is 0 Å². The Morgan fingerprint density at radius 1 is 1.22 bits per heavy atom. The van der Waals surface area contributed by atoms with Gasteiger partial charge in [-0.25, -0.2) is 4.98 Å². The zero-order valence-electron chi connectivity index (χ0n) is 9.48. The maximum absolute atomic E-state index is 12.2. The molecule has 0 unspecified atom stereocenters. The first-order chi connectivity index (χ1) is 8.61. The van der Waals surface area contributed by atoms with Crippen molar-refractivity contribution in [2.24, 2.45) is 0 Å². The van der Waals surface area contributed by atoms with Gasteiger partial charge in [-0.05, 0) is 24.3 Å². The van der Waals surface area contributed by atoms with Crippen LogP contribution in [0.4, 0.5) is 0 Å². The van der Waals surface area contributed by atoms with E-state index in [1.807, 2.05) is 0 Å². The molecule has 92 valence electrons. The predicted molar refractivity (Wildman–Crippen MR) is 70.7 cm³/mol. The minimum atomic E-state index is -0.290. The quantitative estimate of drug-likeness (QED) is 0.807. The molecule has 3 nitrogen and oxygen atoms in total. The van der Waals surface area contributed by atoms with Crippen LogP contribution in [0.1, 0.15) is 16.1 Å². The molecule has 0 saturated carbocycles. The zero-order valence-corrected chi connectivity index (χ0v) is 11.0. The SMILES string of the molecule is COc1cccc(C(=O)c2cc(Cl)ccc2Cl)n1. The first kappa shape index (κ1) is 12.9. The van der Waals surface area contributed by atoms with Crippen LogP contribution in [0.3, 0.4) is 0 Å². The number of ether oxygens (including phenoxy) is 1. The van der Waals surface area contributed by atoms with Crippen molar-refractivity contribution < 1.29 is 9.53 Å². The Morgan fingerprint density at radius 2 is 2.00 bits per heavy atom. The molecule has 2 aromatic rings. The van der Waals surface area contributed by atoms with Gasteiger partial charge in [-0.3, -0.25) is 4.79 Å². The van der Waals surface area contributed by atoms with Gasteiger partial charge >= 0.3 is 0 Å². The molecule has 0 fully saturated rings. The molecule has 0 spiro atoms. The first-order valence-electron chi connectivity index (χ1n) is 5.12. The predicted octanol–water partition coefficient (Wildman–Crippen LogP) is 3.63. The molecule has 0 bridgehead atoms. The Morgan fingerprint density at radius 3 is 2.72 bits per heavy atom. The zero-order chi connectivity index (χ0) is 13.1. The van der Waals surface area contributed by atoms with E-state index in [1.54, 1.807) is 30.3 Å². The topological polar surface area (TPSA) is 39.2 Å². The lowest BCUT2D eigenvalue weighted by Gasteiger charge is -2.05. The molecule has 0 amide bonds. The number of hydrogen-bond donors (Lipinski definition) is 0. The van der Waals surface area contributed by atoms with Crippen LogP contribution in [-0.4, -0.2) is 17.9 Å². The third-order valence-electron chi connectivity index (χ3n) is 2.34. The van der Waals surface area contributed by atoms with Crippen molar-refractivity contribution in [2.75, 3.05) is 7.11 Å². The molecule has 5 heteroatoms. The minimum absolute atomic E-state index is 0.263. The summed E-state index contributed by atoms with van der Waals surface area (Å²) in [5.74, 6) is 0.0837. The van der Waals surface area contributed by atoms with Crippen molar-refractivity contribution in [1.29, 1.82) is 0 Å². The molecule has 0 radical (unpaired) electrons. The van der Waals surface area contributed by atoms with Crippen LogP contribution < -0.4 is 4.74 Å². The Bertz CT molecular complexity index is 599. The summed E-state index contributed by atoms with van der Waals surface area (Å²) in [5.41, 5.74) is 0.587. The van der Waals surface area contributed by atoms with Gasteiger partial charge in [-0.15, -0.1) is 0 Å². The lowest BCUT2D eigenvalue weighted by Crippen LogP contribution is -2.05. The number of rotatable bonds is 3. The second-order valence-electron chi connectivity index (χ2n) is 3.52. The van der Waals surface area contributed by atoms with E-state index in [0.717, 1.165) is 0 Å². The lowest BCUT2D eigenvalue weighted by molar-refractivity contribution is 0.103. The maximum Gasteiger partial charge on any atom is 0.213 e. The summed E-state index contributed by atoms with van der Waals surface area (Å²) in [5, 5.41) is 0.791. The number of methoxy groups -OCH3 is 1. The molecule has 18 heavy (non-hydrogen) atoms. The van der Waals surface area contributed by atoms with Gasteiger partial charge < -0.3 is 4.74 Å². The summed E-state index contributed by atoms with van der Waals surface area (Å²) >= 11 is 11.8. The third kappa shape index (κ3) is 2.63. The van der Waals surface area contributed by atoms with Gasteiger partial charge in [0.2, 0.25) is 11.7 Å². The minimum Gasteiger partial charge on any atom is -0.481 e.